The van der Waals surface area contributed by atoms with Crippen molar-refractivity contribution in [2.24, 2.45) is 0 Å². The Hall–Kier alpha value is -4.84. The van der Waals surface area contributed by atoms with Gasteiger partial charge in [-0.25, -0.2) is 8.42 Å². The summed E-state index contributed by atoms with van der Waals surface area (Å²) < 4.78 is 35.9. The SMILES string of the molecule is CC1(C)C(C=Cc2ccc(C(=C(c3ccccc3)c3ccccc3)c3ccccc3)cc2)=[N+](CCCCS(=O)(=O)[O-])c2ccccc21. The lowest BCUT2D eigenvalue weighted by molar-refractivity contribution is -0.438. The van der Waals surface area contributed by atoms with Crippen molar-refractivity contribution in [2.75, 3.05) is 12.3 Å². The molecule has 0 N–H and O–H groups in total. The molecule has 0 saturated heterocycles. The molecule has 0 saturated carbocycles. The Morgan fingerprint density at radius 3 is 1.60 bits per heavy atom. The Morgan fingerprint density at radius 1 is 0.617 bits per heavy atom. The zero-order valence-corrected chi connectivity index (χ0v) is 27.7. The minimum atomic E-state index is -4.22. The van der Waals surface area contributed by atoms with Gasteiger partial charge in [0.1, 0.15) is 6.54 Å². The molecule has 1 aliphatic rings. The van der Waals surface area contributed by atoms with Gasteiger partial charge in [0.2, 0.25) is 5.69 Å². The smallest absolute Gasteiger partial charge is 0.209 e. The molecule has 236 valence electrons. The second-order valence-electron chi connectivity index (χ2n) is 12.5. The Kier molecular flexibility index (Phi) is 9.48. The van der Waals surface area contributed by atoms with Gasteiger partial charge in [-0.3, -0.25) is 0 Å². The van der Waals surface area contributed by atoms with Crippen molar-refractivity contribution >= 4 is 38.7 Å². The summed E-state index contributed by atoms with van der Waals surface area (Å²) in [5.41, 5.74) is 11.3. The molecule has 4 nitrogen and oxygen atoms in total. The van der Waals surface area contributed by atoms with E-state index >= 15 is 0 Å². The fourth-order valence-corrected chi connectivity index (χ4v) is 7.15. The van der Waals surface area contributed by atoms with Crippen molar-refractivity contribution < 1.29 is 17.5 Å². The predicted molar refractivity (Wildman–Crippen MR) is 193 cm³/mol. The number of allylic oxidation sites excluding steroid dienone is 1. The van der Waals surface area contributed by atoms with Gasteiger partial charge < -0.3 is 4.55 Å². The monoisotopic (exact) mass is 637 g/mol. The number of fused-ring (bicyclic) bond motifs is 1. The third kappa shape index (κ3) is 7.27. The fraction of sp³-hybridized carbons (Fsp3) is 0.167. The van der Waals surface area contributed by atoms with Crippen LogP contribution in [0, 0.1) is 0 Å². The van der Waals surface area contributed by atoms with Gasteiger partial charge in [0.05, 0.1) is 15.5 Å². The van der Waals surface area contributed by atoms with Crippen LogP contribution in [-0.4, -0.2) is 35.6 Å². The molecule has 1 heterocycles. The van der Waals surface area contributed by atoms with E-state index in [1.54, 1.807) is 0 Å². The third-order valence-electron chi connectivity index (χ3n) is 8.90. The standard InChI is InChI=1S/C42H39NO3S/c1-42(2)37-22-12-13-23-38(37)43(30-14-15-31-47(44,45)46)39(42)29-26-32-24-27-36(28-25-32)41(35-20-10-5-11-21-35)40(33-16-6-3-7-17-33)34-18-8-4-9-19-34/h3-13,16-29H,14-15,30-31H2,1-2H3. The average Bonchev–Trinajstić information content (AvgIpc) is 3.30. The normalized spacial score (nSPS) is 13.9. The third-order valence-corrected chi connectivity index (χ3v) is 9.68. The Morgan fingerprint density at radius 2 is 1.09 bits per heavy atom. The molecule has 0 fully saturated rings. The molecule has 5 aromatic rings. The molecule has 0 spiro atoms. The minimum absolute atomic E-state index is 0.235. The first-order valence-corrected chi connectivity index (χ1v) is 17.7. The summed E-state index contributed by atoms with van der Waals surface area (Å²) in [4.78, 5) is 0. The summed E-state index contributed by atoms with van der Waals surface area (Å²) in [6, 6.07) is 48.8. The topological polar surface area (TPSA) is 60.2 Å². The van der Waals surface area contributed by atoms with E-state index in [0.29, 0.717) is 19.4 Å². The highest BCUT2D eigenvalue weighted by molar-refractivity contribution is 7.85. The Bertz CT molecular complexity index is 2000. The molecule has 0 unspecified atom stereocenters. The minimum Gasteiger partial charge on any atom is -0.748 e. The zero-order valence-electron chi connectivity index (χ0n) is 26.8. The van der Waals surface area contributed by atoms with Gasteiger partial charge in [-0.05, 0) is 65.3 Å². The van der Waals surface area contributed by atoms with E-state index in [1.165, 1.54) is 16.7 Å². The molecule has 5 heteroatoms. The van der Waals surface area contributed by atoms with Gasteiger partial charge in [-0.15, -0.1) is 0 Å². The van der Waals surface area contributed by atoms with Crippen molar-refractivity contribution in [1.29, 1.82) is 0 Å². The van der Waals surface area contributed by atoms with Crippen molar-refractivity contribution in [2.45, 2.75) is 32.1 Å². The number of benzene rings is 5. The lowest BCUT2D eigenvalue weighted by Gasteiger charge is -2.18. The highest BCUT2D eigenvalue weighted by atomic mass is 32.2. The molecule has 0 bridgehead atoms. The lowest BCUT2D eigenvalue weighted by Crippen LogP contribution is -2.28. The summed E-state index contributed by atoms with van der Waals surface area (Å²) in [7, 11) is -4.22. The number of hydrogen-bond acceptors (Lipinski definition) is 3. The second kappa shape index (κ2) is 13.9. The largest absolute Gasteiger partial charge is 0.748 e. The van der Waals surface area contributed by atoms with E-state index < -0.39 is 10.1 Å². The second-order valence-corrected chi connectivity index (χ2v) is 14.0. The van der Waals surface area contributed by atoms with Gasteiger partial charge >= 0.3 is 0 Å². The van der Waals surface area contributed by atoms with E-state index in [2.05, 4.69) is 164 Å². The Labute approximate surface area is 278 Å². The molecule has 5 aromatic carbocycles. The molecule has 0 amide bonds. The van der Waals surface area contributed by atoms with E-state index in [1.807, 2.05) is 6.07 Å². The number of hydrogen-bond donors (Lipinski definition) is 0. The first kappa shape index (κ1) is 32.1. The molecule has 0 aromatic heterocycles. The van der Waals surface area contributed by atoms with Crippen molar-refractivity contribution in [3.05, 3.63) is 179 Å². The number of nitrogens with zero attached hydrogens (tertiary/aromatic N) is 1. The van der Waals surface area contributed by atoms with E-state index in [-0.39, 0.29) is 11.2 Å². The van der Waals surface area contributed by atoms with E-state index in [0.717, 1.165) is 39.2 Å². The maximum absolute atomic E-state index is 11.2. The molecule has 6 rings (SSSR count). The summed E-state index contributed by atoms with van der Waals surface area (Å²) in [6.45, 7) is 5.09. The lowest BCUT2D eigenvalue weighted by atomic mass is 9.81. The van der Waals surface area contributed by atoms with Crippen LogP contribution in [0.25, 0.3) is 17.2 Å². The van der Waals surface area contributed by atoms with Gasteiger partial charge in [0.15, 0.2) is 5.71 Å². The highest BCUT2D eigenvalue weighted by Crippen LogP contribution is 2.40. The predicted octanol–water partition coefficient (Wildman–Crippen LogP) is 9.11. The molecule has 0 radical (unpaired) electrons. The number of rotatable bonds is 11. The van der Waals surface area contributed by atoms with Gasteiger partial charge in [0.25, 0.3) is 0 Å². The molecule has 47 heavy (non-hydrogen) atoms. The van der Waals surface area contributed by atoms with E-state index in [4.69, 9.17) is 0 Å². The highest BCUT2D eigenvalue weighted by Gasteiger charge is 2.43. The maximum Gasteiger partial charge on any atom is 0.209 e. The van der Waals surface area contributed by atoms with Crippen LogP contribution in [0.3, 0.4) is 0 Å². The van der Waals surface area contributed by atoms with Crippen LogP contribution in [-0.2, 0) is 15.5 Å². The summed E-state index contributed by atoms with van der Waals surface area (Å²) in [5.74, 6) is -0.334. The number of unbranched alkanes of at least 4 members (excludes halogenated alkanes) is 1. The Balaban J connectivity index is 1.39. The molecule has 0 atom stereocenters. The fourth-order valence-electron chi connectivity index (χ4n) is 6.59. The quantitative estimate of drug-likeness (QED) is 0.0628. The van der Waals surface area contributed by atoms with Crippen LogP contribution in [0.5, 0.6) is 0 Å². The van der Waals surface area contributed by atoms with Crippen LogP contribution >= 0.6 is 0 Å². The van der Waals surface area contributed by atoms with Gasteiger partial charge in [0, 0.05) is 29.9 Å². The summed E-state index contributed by atoms with van der Waals surface area (Å²) in [5, 5.41) is 0. The zero-order chi connectivity index (χ0) is 32.9. The van der Waals surface area contributed by atoms with Crippen molar-refractivity contribution in [1.82, 2.24) is 0 Å². The van der Waals surface area contributed by atoms with Crippen molar-refractivity contribution in [3.63, 3.8) is 0 Å². The average molecular weight is 638 g/mol. The molecule has 1 aliphatic heterocycles. The number of para-hydroxylation sites is 1. The molecular formula is C42H39NO3S. The summed E-state index contributed by atoms with van der Waals surface area (Å²) >= 11 is 0. The molecule has 0 aliphatic carbocycles. The van der Waals surface area contributed by atoms with Gasteiger partial charge in [-0.1, -0.05) is 133 Å². The van der Waals surface area contributed by atoms with Gasteiger partial charge in [-0.2, -0.15) is 4.58 Å². The summed E-state index contributed by atoms with van der Waals surface area (Å²) in [6.07, 6.45) is 5.29. The van der Waals surface area contributed by atoms with Crippen LogP contribution in [0.2, 0.25) is 0 Å². The van der Waals surface area contributed by atoms with Crippen LogP contribution < -0.4 is 0 Å². The first-order valence-electron chi connectivity index (χ1n) is 16.1. The van der Waals surface area contributed by atoms with Crippen molar-refractivity contribution in [3.8, 4) is 0 Å². The molecular weight excluding hydrogens is 599 g/mol. The maximum atomic E-state index is 11.2. The first-order chi connectivity index (χ1) is 22.7. The van der Waals surface area contributed by atoms with Crippen LogP contribution in [0.1, 0.15) is 60.1 Å². The van der Waals surface area contributed by atoms with E-state index in [9.17, 15) is 13.0 Å². The van der Waals surface area contributed by atoms with Crippen LogP contribution in [0.15, 0.2) is 146 Å². The van der Waals surface area contributed by atoms with Crippen LogP contribution in [0.4, 0.5) is 5.69 Å².